The average Bonchev–Trinajstić information content (AvgIpc) is 3.46. The molecule has 6 rings (SSSR count). The Morgan fingerprint density at radius 2 is 1.77 bits per heavy atom. The fraction of sp³-hybridized carbons (Fsp3) is 0.867. The zero-order valence-electron chi connectivity index (χ0n) is 23.7. The van der Waals surface area contributed by atoms with Crippen molar-refractivity contribution in [1.29, 1.82) is 0 Å². The third-order valence-corrected chi connectivity index (χ3v) is 12.2. The van der Waals surface area contributed by atoms with Crippen molar-refractivity contribution in [3.8, 4) is 0 Å². The highest BCUT2D eigenvalue weighted by Crippen LogP contribution is 2.70. The molecule has 0 amide bonds. The molecule has 4 N–H and O–H groups in total. The summed E-state index contributed by atoms with van der Waals surface area (Å²) in [6.45, 7) is 4.10. The quantitative estimate of drug-likeness (QED) is 0.219. The number of aldehydes is 1. The van der Waals surface area contributed by atoms with Crippen LogP contribution in [0.25, 0.3) is 0 Å². The van der Waals surface area contributed by atoms with Gasteiger partial charge in [-0.25, -0.2) is 4.79 Å². The van der Waals surface area contributed by atoms with E-state index in [0.717, 1.165) is 18.3 Å². The van der Waals surface area contributed by atoms with E-state index in [2.05, 4.69) is 6.92 Å². The zero-order chi connectivity index (χ0) is 28.7. The largest absolute Gasteiger partial charge is 0.458 e. The Balaban J connectivity index is 1.22. The highest BCUT2D eigenvalue weighted by atomic mass is 16.7. The van der Waals surface area contributed by atoms with E-state index < -0.39 is 58.8 Å². The number of carbonyl (C=O) groups excluding carboxylic acids is 2. The standard InChI is InChI=1S/C30H44O10/c1-16-23(33)25(37-3)24(34)26(39-16)40-18-4-9-28(15-31)20-5-8-27(2)19(17-12-22(32)38-14-17)7-11-30(27,36)21(20)6-10-29(28,35)13-18/h12,15-16,18-21,23-26,33-36H,4-11,13-14H2,1-3H3/t16-,18-,19+,20+,21-,23+,24-,25-,26-,27-,28+,29+,30+/m1/s1. The molecule has 2 aliphatic heterocycles. The summed E-state index contributed by atoms with van der Waals surface area (Å²) < 4.78 is 22.4. The molecule has 0 bridgehead atoms. The van der Waals surface area contributed by atoms with E-state index >= 15 is 0 Å². The van der Waals surface area contributed by atoms with Gasteiger partial charge in [-0.05, 0) is 81.6 Å². The number of fused-ring (bicyclic) bond motifs is 5. The molecule has 5 fully saturated rings. The van der Waals surface area contributed by atoms with Gasteiger partial charge in [-0.1, -0.05) is 6.92 Å². The Morgan fingerprint density at radius 3 is 2.45 bits per heavy atom. The van der Waals surface area contributed by atoms with Crippen LogP contribution in [0.2, 0.25) is 0 Å². The number of aliphatic hydroxyl groups is 4. The molecule has 224 valence electrons. The van der Waals surface area contributed by atoms with Crippen LogP contribution in [0, 0.1) is 28.6 Å². The molecule has 10 nitrogen and oxygen atoms in total. The Labute approximate surface area is 235 Å². The van der Waals surface area contributed by atoms with Gasteiger partial charge < -0.3 is 44.2 Å². The molecule has 0 radical (unpaired) electrons. The van der Waals surface area contributed by atoms with E-state index in [1.54, 1.807) is 13.0 Å². The summed E-state index contributed by atoms with van der Waals surface area (Å²) in [7, 11) is 1.42. The number of hydrogen-bond donors (Lipinski definition) is 4. The van der Waals surface area contributed by atoms with Gasteiger partial charge in [0.25, 0.3) is 0 Å². The molecule has 0 aromatic rings. The van der Waals surface area contributed by atoms with Gasteiger partial charge >= 0.3 is 5.97 Å². The number of methoxy groups -OCH3 is 1. The number of carbonyl (C=O) groups is 2. The first-order valence-corrected chi connectivity index (χ1v) is 14.9. The summed E-state index contributed by atoms with van der Waals surface area (Å²) in [6.07, 6.45) is 2.28. The monoisotopic (exact) mass is 564 g/mol. The number of ether oxygens (including phenoxy) is 4. The van der Waals surface area contributed by atoms with Crippen LogP contribution in [0.15, 0.2) is 11.6 Å². The van der Waals surface area contributed by atoms with Gasteiger partial charge in [-0.2, -0.15) is 0 Å². The second-order valence-electron chi connectivity index (χ2n) is 13.6. The molecule has 10 heteroatoms. The maximum atomic E-state index is 13.0. The van der Waals surface area contributed by atoms with Gasteiger partial charge in [0, 0.05) is 25.0 Å². The van der Waals surface area contributed by atoms with E-state index in [0.29, 0.717) is 44.9 Å². The van der Waals surface area contributed by atoms with Gasteiger partial charge in [-0.3, -0.25) is 0 Å². The lowest BCUT2D eigenvalue weighted by atomic mass is 9.41. The molecule has 40 heavy (non-hydrogen) atoms. The van der Waals surface area contributed by atoms with Crippen LogP contribution in [0.3, 0.4) is 0 Å². The molecule has 0 spiro atoms. The second-order valence-corrected chi connectivity index (χ2v) is 13.6. The van der Waals surface area contributed by atoms with Crippen LogP contribution >= 0.6 is 0 Å². The van der Waals surface area contributed by atoms with E-state index in [9.17, 15) is 30.0 Å². The predicted molar refractivity (Wildman–Crippen MR) is 140 cm³/mol. The van der Waals surface area contributed by atoms with Crippen molar-refractivity contribution < 1.29 is 49.0 Å². The van der Waals surface area contributed by atoms with Gasteiger partial charge in [0.1, 0.15) is 31.2 Å². The topological polar surface area (TPSA) is 152 Å². The molecular formula is C30H44O10. The van der Waals surface area contributed by atoms with Crippen molar-refractivity contribution >= 4 is 12.3 Å². The van der Waals surface area contributed by atoms with E-state index in [-0.39, 0.29) is 36.8 Å². The fourth-order valence-corrected chi connectivity index (χ4v) is 10.0. The molecule has 0 unspecified atom stereocenters. The van der Waals surface area contributed by atoms with Gasteiger partial charge in [0.15, 0.2) is 6.29 Å². The van der Waals surface area contributed by atoms with E-state index in [1.807, 2.05) is 0 Å². The Kier molecular flexibility index (Phi) is 7.05. The van der Waals surface area contributed by atoms with Crippen molar-refractivity contribution in [3.05, 3.63) is 11.6 Å². The van der Waals surface area contributed by atoms with Crippen molar-refractivity contribution in [2.45, 2.75) is 120 Å². The molecule has 1 saturated heterocycles. The highest BCUT2D eigenvalue weighted by molar-refractivity contribution is 5.85. The van der Waals surface area contributed by atoms with E-state index in [1.165, 1.54) is 7.11 Å². The lowest BCUT2D eigenvalue weighted by Gasteiger charge is -2.65. The van der Waals surface area contributed by atoms with Crippen LogP contribution in [-0.4, -0.2) is 94.4 Å². The van der Waals surface area contributed by atoms with Gasteiger partial charge in [0.05, 0.1) is 28.8 Å². The average molecular weight is 565 g/mol. The Bertz CT molecular complexity index is 1060. The lowest BCUT2D eigenvalue weighted by molar-refractivity contribution is -0.319. The minimum atomic E-state index is -1.30. The van der Waals surface area contributed by atoms with Crippen molar-refractivity contribution in [1.82, 2.24) is 0 Å². The molecule has 0 aromatic carbocycles. The summed E-state index contributed by atoms with van der Waals surface area (Å²) >= 11 is 0. The normalized spacial score (nSPS) is 54.1. The van der Waals surface area contributed by atoms with Crippen LogP contribution in [0.5, 0.6) is 0 Å². The van der Waals surface area contributed by atoms with E-state index in [4.69, 9.17) is 18.9 Å². The lowest BCUT2D eigenvalue weighted by Crippen LogP contribution is -2.69. The van der Waals surface area contributed by atoms with Crippen molar-refractivity contribution in [2.75, 3.05) is 13.7 Å². The number of cyclic esters (lactones) is 1. The van der Waals surface area contributed by atoms with Crippen molar-refractivity contribution in [2.24, 2.45) is 28.6 Å². The first-order chi connectivity index (χ1) is 18.9. The molecule has 2 heterocycles. The van der Waals surface area contributed by atoms with Gasteiger partial charge in [0.2, 0.25) is 0 Å². The smallest absolute Gasteiger partial charge is 0.331 e. The molecule has 4 aliphatic carbocycles. The third kappa shape index (κ3) is 3.86. The second kappa shape index (κ2) is 9.82. The Morgan fingerprint density at radius 1 is 1.02 bits per heavy atom. The first kappa shape index (κ1) is 28.7. The van der Waals surface area contributed by atoms with Gasteiger partial charge in [-0.15, -0.1) is 0 Å². The summed E-state index contributed by atoms with van der Waals surface area (Å²) in [5.74, 6) is -0.563. The molecule has 0 aromatic heterocycles. The van der Waals surface area contributed by atoms with Crippen LogP contribution in [-0.2, 0) is 28.5 Å². The minimum Gasteiger partial charge on any atom is -0.458 e. The number of aliphatic hydroxyl groups excluding tert-OH is 2. The fourth-order valence-electron chi connectivity index (χ4n) is 10.0. The maximum absolute atomic E-state index is 13.0. The number of esters is 1. The summed E-state index contributed by atoms with van der Waals surface area (Å²) in [6, 6.07) is 0. The predicted octanol–water partition coefficient (Wildman–Crippen LogP) is 1.40. The Hall–Kier alpha value is -1.40. The first-order valence-electron chi connectivity index (χ1n) is 14.9. The zero-order valence-corrected chi connectivity index (χ0v) is 23.7. The number of rotatable bonds is 5. The van der Waals surface area contributed by atoms with Crippen LogP contribution in [0.1, 0.15) is 71.6 Å². The SMILES string of the molecule is CO[C@@H]1[C@@H](O)[C@@H](C)O[C@H](O[C@@H]2CC[C@]3(C=O)[C@H]4CC[C@]5(C)[C@H](C6=CC(=O)OC6)CC[C@]5(O)[C@@H]4CC[C@]3(O)C2)[C@@H]1O. The highest BCUT2D eigenvalue weighted by Gasteiger charge is 2.71. The van der Waals surface area contributed by atoms with Crippen LogP contribution in [0.4, 0.5) is 0 Å². The molecule has 6 aliphatic rings. The van der Waals surface area contributed by atoms with Crippen LogP contribution < -0.4 is 0 Å². The summed E-state index contributed by atoms with van der Waals surface area (Å²) in [5.41, 5.74) is -2.77. The third-order valence-electron chi connectivity index (χ3n) is 12.2. The molecule has 13 atom stereocenters. The van der Waals surface area contributed by atoms with Crippen molar-refractivity contribution in [3.63, 3.8) is 0 Å². The molecule has 4 saturated carbocycles. The summed E-state index contributed by atoms with van der Waals surface area (Å²) in [5, 5.41) is 45.6. The summed E-state index contributed by atoms with van der Waals surface area (Å²) in [4.78, 5) is 24.8. The minimum absolute atomic E-state index is 0.0563. The molecular weight excluding hydrogens is 520 g/mol. The maximum Gasteiger partial charge on any atom is 0.331 e. The number of hydrogen-bond acceptors (Lipinski definition) is 10.